The number of aromatic nitrogens is 1. The van der Waals surface area contributed by atoms with E-state index in [0.717, 1.165) is 37.5 Å². The van der Waals surface area contributed by atoms with Gasteiger partial charge in [-0.15, -0.1) is 0 Å². The van der Waals surface area contributed by atoms with Crippen molar-refractivity contribution in [2.24, 2.45) is 0 Å². The van der Waals surface area contributed by atoms with Gasteiger partial charge in [0.1, 0.15) is 6.26 Å². The predicted octanol–water partition coefficient (Wildman–Crippen LogP) is 2.41. The van der Waals surface area contributed by atoms with Crippen LogP contribution in [0, 0.1) is 11.6 Å². The maximum atomic E-state index is 13.2. The Bertz CT molecular complexity index is 629. The summed E-state index contributed by atoms with van der Waals surface area (Å²) in [5, 5.41) is 3.33. The van der Waals surface area contributed by atoms with Gasteiger partial charge in [-0.1, -0.05) is 0 Å². The van der Waals surface area contributed by atoms with Crippen molar-refractivity contribution in [1.29, 1.82) is 0 Å². The second-order valence-electron chi connectivity index (χ2n) is 5.30. The lowest BCUT2D eigenvalue weighted by Gasteiger charge is -2.33. The Balaban J connectivity index is 1.75. The summed E-state index contributed by atoms with van der Waals surface area (Å²) < 4.78 is 31.5. The molecule has 0 unspecified atom stereocenters. The van der Waals surface area contributed by atoms with Crippen molar-refractivity contribution in [3.63, 3.8) is 0 Å². The van der Waals surface area contributed by atoms with Crippen LogP contribution in [0.3, 0.4) is 0 Å². The largest absolute Gasteiger partial charge is 0.444 e. The minimum absolute atomic E-state index is 0.312. The number of hydrogen-bond donors (Lipinski definition) is 1. The van der Waals surface area contributed by atoms with Crippen LogP contribution in [-0.4, -0.2) is 35.6 Å². The number of rotatable bonds is 3. The van der Waals surface area contributed by atoms with Crippen LogP contribution in [0.4, 0.5) is 8.78 Å². The van der Waals surface area contributed by atoms with Gasteiger partial charge in [0.05, 0.1) is 5.69 Å². The van der Waals surface area contributed by atoms with E-state index in [9.17, 15) is 8.78 Å². The summed E-state index contributed by atoms with van der Waals surface area (Å²) in [5.41, 5.74) is 1.23. The minimum Gasteiger partial charge on any atom is -0.444 e. The normalized spacial score (nSPS) is 19.9. The number of nitrogens with one attached hydrogen (secondary N) is 1. The first kappa shape index (κ1) is 14.2. The molecule has 1 fully saturated rings. The fourth-order valence-corrected chi connectivity index (χ4v) is 2.47. The Morgan fingerprint density at radius 1 is 1.38 bits per heavy atom. The molecule has 0 aliphatic carbocycles. The Kier molecular flexibility index (Phi) is 3.98. The minimum atomic E-state index is -0.900. The smallest absolute Gasteiger partial charge is 0.226 e. The van der Waals surface area contributed by atoms with Gasteiger partial charge in [0.15, 0.2) is 11.6 Å². The zero-order valence-electron chi connectivity index (χ0n) is 11.8. The SMILES string of the molecule is C[C@H]1CNCCN1Cc1coc(-c2ccc(F)c(F)c2)n1. The molecule has 1 aromatic heterocycles. The van der Waals surface area contributed by atoms with Crippen LogP contribution in [-0.2, 0) is 6.54 Å². The number of halogens is 2. The molecule has 1 aliphatic rings. The van der Waals surface area contributed by atoms with Crippen molar-refractivity contribution in [3.05, 3.63) is 41.8 Å². The molecule has 21 heavy (non-hydrogen) atoms. The molecule has 1 aliphatic heterocycles. The highest BCUT2D eigenvalue weighted by atomic mass is 19.2. The third-order valence-electron chi connectivity index (χ3n) is 3.72. The Labute approximate surface area is 121 Å². The third kappa shape index (κ3) is 3.11. The Hall–Kier alpha value is -1.79. The fraction of sp³-hybridized carbons (Fsp3) is 0.400. The molecule has 3 rings (SSSR count). The number of piperazine rings is 1. The first-order valence-corrected chi connectivity index (χ1v) is 6.98. The Morgan fingerprint density at radius 3 is 3.00 bits per heavy atom. The van der Waals surface area contributed by atoms with Crippen LogP contribution in [0.1, 0.15) is 12.6 Å². The molecule has 0 bridgehead atoms. The van der Waals surface area contributed by atoms with Crippen LogP contribution < -0.4 is 5.32 Å². The number of benzene rings is 1. The molecule has 1 aromatic carbocycles. The molecule has 0 spiro atoms. The maximum Gasteiger partial charge on any atom is 0.226 e. The zero-order valence-corrected chi connectivity index (χ0v) is 11.8. The molecule has 1 saturated heterocycles. The number of nitrogens with zero attached hydrogens (tertiary/aromatic N) is 2. The second kappa shape index (κ2) is 5.91. The molecular formula is C15H17F2N3O. The molecule has 0 amide bonds. The van der Waals surface area contributed by atoms with Gasteiger partial charge < -0.3 is 9.73 Å². The van der Waals surface area contributed by atoms with E-state index in [0.29, 0.717) is 24.0 Å². The van der Waals surface area contributed by atoms with Gasteiger partial charge in [-0.3, -0.25) is 4.90 Å². The third-order valence-corrected chi connectivity index (χ3v) is 3.72. The van der Waals surface area contributed by atoms with Crippen LogP contribution in [0.5, 0.6) is 0 Å². The highest BCUT2D eigenvalue weighted by Gasteiger charge is 2.19. The van der Waals surface area contributed by atoms with Crippen LogP contribution in [0.2, 0.25) is 0 Å². The molecule has 2 aromatic rings. The Morgan fingerprint density at radius 2 is 2.24 bits per heavy atom. The average Bonchev–Trinajstić information content (AvgIpc) is 2.93. The molecule has 6 heteroatoms. The van der Waals surface area contributed by atoms with Crippen molar-refractivity contribution < 1.29 is 13.2 Å². The van der Waals surface area contributed by atoms with E-state index in [1.54, 1.807) is 6.26 Å². The van der Waals surface area contributed by atoms with Gasteiger partial charge in [0.25, 0.3) is 0 Å². The van der Waals surface area contributed by atoms with Gasteiger partial charge in [0.2, 0.25) is 5.89 Å². The zero-order chi connectivity index (χ0) is 14.8. The molecule has 2 heterocycles. The molecule has 112 valence electrons. The van der Waals surface area contributed by atoms with Crippen molar-refractivity contribution in [3.8, 4) is 11.5 Å². The molecule has 0 saturated carbocycles. The van der Waals surface area contributed by atoms with Gasteiger partial charge in [0, 0.05) is 37.8 Å². The van der Waals surface area contributed by atoms with Gasteiger partial charge in [-0.2, -0.15) is 0 Å². The highest BCUT2D eigenvalue weighted by molar-refractivity contribution is 5.53. The van der Waals surface area contributed by atoms with Crippen LogP contribution in [0.25, 0.3) is 11.5 Å². The summed E-state index contributed by atoms with van der Waals surface area (Å²) in [5.74, 6) is -1.46. The second-order valence-corrected chi connectivity index (χ2v) is 5.30. The fourth-order valence-electron chi connectivity index (χ4n) is 2.47. The quantitative estimate of drug-likeness (QED) is 0.943. The lowest BCUT2D eigenvalue weighted by atomic mass is 10.2. The standard InChI is InChI=1S/C15H17F2N3O/c1-10-7-18-4-5-20(10)8-12-9-21-15(19-12)11-2-3-13(16)14(17)6-11/h2-3,6,9-10,18H,4-5,7-8H2,1H3/t10-/m0/s1. The highest BCUT2D eigenvalue weighted by Crippen LogP contribution is 2.21. The molecule has 4 nitrogen and oxygen atoms in total. The average molecular weight is 293 g/mol. The van der Waals surface area contributed by atoms with E-state index in [1.807, 2.05) is 0 Å². The van der Waals surface area contributed by atoms with E-state index in [2.05, 4.69) is 22.1 Å². The number of oxazole rings is 1. The first-order valence-electron chi connectivity index (χ1n) is 6.98. The van der Waals surface area contributed by atoms with Crippen molar-refractivity contribution in [2.75, 3.05) is 19.6 Å². The monoisotopic (exact) mass is 293 g/mol. The summed E-state index contributed by atoms with van der Waals surface area (Å²) >= 11 is 0. The molecule has 0 radical (unpaired) electrons. The van der Waals surface area contributed by atoms with Gasteiger partial charge in [-0.25, -0.2) is 13.8 Å². The molecule has 1 N–H and O–H groups in total. The summed E-state index contributed by atoms with van der Waals surface area (Å²) in [7, 11) is 0. The summed E-state index contributed by atoms with van der Waals surface area (Å²) in [6.45, 7) is 5.71. The predicted molar refractivity (Wildman–Crippen MR) is 74.6 cm³/mol. The van der Waals surface area contributed by atoms with Crippen LogP contribution in [0.15, 0.2) is 28.9 Å². The lowest BCUT2D eigenvalue weighted by Crippen LogP contribution is -2.49. The molecule has 1 atom stereocenters. The van der Waals surface area contributed by atoms with Crippen molar-refractivity contribution >= 4 is 0 Å². The van der Waals surface area contributed by atoms with E-state index in [4.69, 9.17) is 4.42 Å². The van der Waals surface area contributed by atoms with E-state index in [1.165, 1.54) is 6.07 Å². The van der Waals surface area contributed by atoms with Gasteiger partial charge >= 0.3 is 0 Å². The lowest BCUT2D eigenvalue weighted by molar-refractivity contribution is 0.163. The summed E-state index contributed by atoms with van der Waals surface area (Å²) in [6, 6.07) is 4.06. The van der Waals surface area contributed by atoms with Crippen molar-refractivity contribution in [1.82, 2.24) is 15.2 Å². The van der Waals surface area contributed by atoms with E-state index >= 15 is 0 Å². The number of hydrogen-bond acceptors (Lipinski definition) is 4. The summed E-state index contributed by atoms with van der Waals surface area (Å²) in [4.78, 5) is 6.67. The maximum absolute atomic E-state index is 13.2. The van der Waals surface area contributed by atoms with Gasteiger partial charge in [-0.05, 0) is 25.1 Å². The van der Waals surface area contributed by atoms with E-state index < -0.39 is 11.6 Å². The first-order chi connectivity index (χ1) is 10.1. The summed E-state index contributed by atoms with van der Waals surface area (Å²) in [6.07, 6.45) is 1.57. The topological polar surface area (TPSA) is 41.3 Å². The molecular weight excluding hydrogens is 276 g/mol. The van der Waals surface area contributed by atoms with Crippen molar-refractivity contribution in [2.45, 2.75) is 19.5 Å². The van der Waals surface area contributed by atoms with Crippen LogP contribution >= 0.6 is 0 Å². The van der Waals surface area contributed by atoms with E-state index in [-0.39, 0.29) is 0 Å².